The maximum Gasteiger partial charge on any atom is 0.337 e. The molecule has 4 aromatic carbocycles. The van der Waals surface area contributed by atoms with E-state index in [9.17, 15) is 19.8 Å². The molecule has 0 saturated heterocycles. The van der Waals surface area contributed by atoms with Gasteiger partial charge in [0.25, 0.3) is 5.91 Å². The summed E-state index contributed by atoms with van der Waals surface area (Å²) < 4.78 is 0. The van der Waals surface area contributed by atoms with E-state index in [-0.39, 0.29) is 22.6 Å². The van der Waals surface area contributed by atoms with Crippen LogP contribution in [0.25, 0.3) is 22.3 Å². The number of anilines is 1. The molecule has 4 aromatic rings. The highest BCUT2D eigenvalue weighted by atomic mass is 16.4. The summed E-state index contributed by atoms with van der Waals surface area (Å²) in [5, 5.41) is 22.6. The molecule has 0 fully saturated rings. The Kier molecular flexibility index (Phi) is 5.49. The summed E-state index contributed by atoms with van der Waals surface area (Å²) in [7, 11) is 0. The zero-order valence-corrected chi connectivity index (χ0v) is 16.4. The van der Waals surface area contributed by atoms with Gasteiger partial charge in [-0.1, -0.05) is 72.8 Å². The summed E-state index contributed by atoms with van der Waals surface area (Å²) >= 11 is 0. The Balaban J connectivity index is 1.65. The number of rotatable bonds is 5. The average Bonchev–Trinajstić information content (AvgIpc) is 2.80. The minimum absolute atomic E-state index is 0.0339. The molecule has 0 radical (unpaired) electrons. The maximum atomic E-state index is 12.8. The van der Waals surface area contributed by atoms with Crippen molar-refractivity contribution >= 4 is 17.6 Å². The second kappa shape index (κ2) is 8.55. The fourth-order valence-electron chi connectivity index (χ4n) is 3.37. The van der Waals surface area contributed by atoms with E-state index in [4.69, 9.17) is 0 Å². The number of benzene rings is 4. The van der Waals surface area contributed by atoms with Crippen LogP contribution in [-0.2, 0) is 0 Å². The summed E-state index contributed by atoms with van der Waals surface area (Å²) in [6.45, 7) is 0. The summed E-state index contributed by atoms with van der Waals surface area (Å²) in [4.78, 5) is 24.5. The van der Waals surface area contributed by atoms with Crippen molar-refractivity contribution in [3.8, 4) is 28.0 Å². The SMILES string of the molecule is O=C(Nc1cc(-c2ccccc2)ccc1C(=O)O)c1ccc(-c2ccccc2)cc1O. The Morgan fingerprint density at radius 1 is 0.613 bits per heavy atom. The lowest BCUT2D eigenvalue weighted by Crippen LogP contribution is -2.15. The van der Waals surface area contributed by atoms with E-state index in [1.54, 1.807) is 18.2 Å². The van der Waals surface area contributed by atoms with Crippen molar-refractivity contribution in [3.05, 3.63) is 108 Å². The van der Waals surface area contributed by atoms with Gasteiger partial charge in [0.05, 0.1) is 16.8 Å². The molecule has 0 spiro atoms. The van der Waals surface area contributed by atoms with E-state index in [1.807, 2.05) is 60.7 Å². The van der Waals surface area contributed by atoms with E-state index in [1.165, 1.54) is 18.2 Å². The summed E-state index contributed by atoms with van der Waals surface area (Å²) in [6.07, 6.45) is 0. The van der Waals surface area contributed by atoms with Crippen molar-refractivity contribution in [1.29, 1.82) is 0 Å². The predicted molar refractivity (Wildman–Crippen MR) is 120 cm³/mol. The molecular weight excluding hydrogens is 390 g/mol. The van der Waals surface area contributed by atoms with Crippen LogP contribution >= 0.6 is 0 Å². The first-order chi connectivity index (χ1) is 15.0. The molecule has 4 rings (SSSR count). The highest BCUT2D eigenvalue weighted by Crippen LogP contribution is 2.29. The number of carbonyl (C=O) groups is 2. The summed E-state index contributed by atoms with van der Waals surface area (Å²) in [5.74, 6) is -1.93. The molecule has 0 saturated carbocycles. The van der Waals surface area contributed by atoms with Crippen LogP contribution in [0.5, 0.6) is 5.75 Å². The number of phenols is 1. The molecule has 0 aliphatic heterocycles. The van der Waals surface area contributed by atoms with Crippen LogP contribution in [0.1, 0.15) is 20.7 Å². The number of aromatic carboxylic acids is 1. The number of hydrogen-bond acceptors (Lipinski definition) is 3. The standard InChI is InChI=1S/C26H19NO4/c28-24-16-20(18-9-5-2-6-10-18)12-14-22(24)25(29)27-23-15-19(11-13-21(23)26(30)31)17-7-3-1-4-8-17/h1-16,28H,(H,27,29)(H,30,31). The summed E-state index contributed by atoms with van der Waals surface area (Å²) in [5.41, 5.74) is 3.52. The molecule has 0 atom stereocenters. The zero-order chi connectivity index (χ0) is 21.8. The smallest absolute Gasteiger partial charge is 0.337 e. The first-order valence-corrected chi connectivity index (χ1v) is 9.65. The first-order valence-electron chi connectivity index (χ1n) is 9.65. The Morgan fingerprint density at radius 3 is 1.65 bits per heavy atom. The third kappa shape index (κ3) is 4.31. The van der Waals surface area contributed by atoms with Gasteiger partial charge in [-0.3, -0.25) is 4.79 Å². The molecule has 0 heterocycles. The maximum absolute atomic E-state index is 12.8. The molecular formula is C26H19NO4. The minimum Gasteiger partial charge on any atom is -0.507 e. The topological polar surface area (TPSA) is 86.6 Å². The van der Waals surface area contributed by atoms with Crippen molar-refractivity contribution in [2.75, 3.05) is 5.32 Å². The highest BCUT2D eigenvalue weighted by molar-refractivity contribution is 6.09. The van der Waals surface area contributed by atoms with Gasteiger partial charge < -0.3 is 15.5 Å². The lowest BCUT2D eigenvalue weighted by molar-refractivity contribution is 0.0698. The number of carbonyl (C=O) groups excluding carboxylic acids is 1. The molecule has 152 valence electrons. The molecule has 1 amide bonds. The van der Waals surface area contributed by atoms with E-state index >= 15 is 0 Å². The number of aromatic hydroxyl groups is 1. The Hall–Kier alpha value is -4.38. The number of phenolic OH excluding ortho intramolecular Hbond substituents is 1. The molecule has 3 N–H and O–H groups in total. The number of hydrogen-bond donors (Lipinski definition) is 3. The normalized spacial score (nSPS) is 10.5. The van der Waals surface area contributed by atoms with Gasteiger partial charge in [0.2, 0.25) is 0 Å². The number of nitrogens with one attached hydrogen (secondary N) is 1. The van der Waals surface area contributed by atoms with Gasteiger partial charge in [0.15, 0.2) is 0 Å². The second-order valence-electron chi connectivity index (χ2n) is 6.98. The van der Waals surface area contributed by atoms with Crippen LogP contribution in [0.2, 0.25) is 0 Å². The van der Waals surface area contributed by atoms with Gasteiger partial charge in [-0.2, -0.15) is 0 Å². The third-order valence-corrected chi connectivity index (χ3v) is 4.95. The monoisotopic (exact) mass is 409 g/mol. The number of carboxylic acid groups (broad SMARTS) is 1. The first kappa shape index (κ1) is 19.9. The lowest BCUT2D eigenvalue weighted by Gasteiger charge is -2.12. The quantitative estimate of drug-likeness (QED) is 0.396. The van der Waals surface area contributed by atoms with Crippen molar-refractivity contribution in [1.82, 2.24) is 0 Å². The fourth-order valence-corrected chi connectivity index (χ4v) is 3.37. The van der Waals surface area contributed by atoms with Gasteiger partial charge in [0, 0.05) is 0 Å². The van der Waals surface area contributed by atoms with E-state index < -0.39 is 11.9 Å². The van der Waals surface area contributed by atoms with Crippen LogP contribution in [0.15, 0.2) is 97.1 Å². The van der Waals surface area contributed by atoms with E-state index in [2.05, 4.69) is 5.32 Å². The molecule has 5 nitrogen and oxygen atoms in total. The second-order valence-corrected chi connectivity index (χ2v) is 6.98. The van der Waals surface area contributed by atoms with Gasteiger partial charge >= 0.3 is 5.97 Å². The van der Waals surface area contributed by atoms with Gasteiger partial charge in [0.1, 0.15) is 5.75 Å². The lowest BCUT2D eigenvalue weighted by atomic mass is 10.0. The molecule has 0 aromatic heterocycles. The fraction of sp³-hybridized carbons (Fsp3) is 0. The number of amides is 1. The minimum atomic E-state index is -1.15. The Bertz CT molecular complexity index is 1250. The Morgan fingerprint density at radius 2 is 1.13 bits per heavy atom. The van der Waals surface area contributed by atoms with Crippen molar-refractivity contribution < 1.29 is 19.8 Å². The van der Waals surface area contributed by atoms with Crippen LogP contribution < -0.4 is 5.32 Å². The molecule has 5 heteroatoms. The van der Waals surface area contributed by atoms with E-state index in [0.717, 1.165) is 22.3 Å². The van der Waals surface area contributed by atoms with Crippen molar-refractivity contribution in [2.24, 2.45) is 0 Å². The third-order valence-electron chi connectivity index (χ3n) is 4.95. The van der Waals surface area contributed by atoms with Gasteiger partial charge in [-0.25, -0.2) is 4.79 Å². The largest absolute Gasteiger partial charge is 0.507 e. The average molecular weight is 409 g/mol. The zero-order valence-electron chi connectivity index (χ0n) is 16.4. The predicted octanol–water partition coefficient (Wildman–Crippen LogP) is 5.68. The van der Waals surface area contributed by atoms with Crippen molar-refractivity contribution in [2.45, 2.75) is 0 Å². The molecule has 0 bridgehead atoms. The van der Waals surface area contributed by atoms with Gasteiger partial charge in [-0.15, -0.1) is 0 Å². The van der Waals surface area contributed by atoms with E-state index in [0.29, 0.717) is 0 Å². The molecule has 0 unspecified atom stereocenters. The van der Waals surface area contributed by atoms with Crippen LogP contribution in [0.4, 0.5) is 5.69 Å². The van der Waals surface area contributed by atoms with Crippen LogP contribution in [-0.4, -0.2) is 22.1 Å². The van der Waals surface area contributed by atoms with Gasteiger partial charge in [-0.05, 0) is 46.5 Å². The Labute approximate surface area is 179 Å². The number of carboxylic acids is 1. The van der Waals surface area contributed by atoms with Crippen LogP contribution in [0, 0.1) is 0 Å². The molecule has 0 aliphatic rings. The molecule has 0 aliphatic carbocycles. The summed E-state index contributed by atoms with van der Waals surface area (Å²) in [6, 6.07) is 28.5. The molecule has 31 heavy (non-hydrogen) atoms. The van der Waals surface area contributed by atoms with Crippen molar-refractivity contribution in [3.63, 3.8) is 0 Å². The van der Waals surface area contributed by atoms with Crippen LogP contribution in [0.3, 0.4) is 0 Å². The highest BCUT2D eigenvalue weighted by Gasteiger charge is 2.17.